The Hall–Kier alpha value is -3.15. The molecule has 0 amide bonds. The second-order valence-corrected chi connectivity index (χ2v) is 10.5. The smallest absolute Gasteiger partial charge is 0.296 e. The minimum absolute atomic E-state index is 0.00382. The Kier molecular flexibility index (Phi) is 5.71. The van der Waals surface area contributed by atoms with Crippen LogP contribution in [0.3, 0.4) is 0 Å². The van der Waals surface area contributed by atoms with Gasteiger partial charge in [-0.1, -0.05) is 0 Å². The zero-order valence-electron chi connectivity index (χ0n) is 15.5. The Labute approximate surface area is 181 Å². The van der Waals surface area contributed by atoms with Crippen LogP contribution in [0.15, 0.2) is 67.4 Å². The Bertz CT molecular complexity index is 1600. The predicted octanol–water partition coefficient (Wildman–Crippen LogP) is 2.28. The number of azo groups is 1. The molecule has 0 aliphatic rings. The molecule has 0 spiro atoms. The third kappa shape index (κ3) is 4.69. The normalized spacial score (nSPS) is 13.1. The van der Waals surface area contributed by atoms with Crippen molar-refractivity contribution in [2.45, 2.75) is 14.7 Å². The summed E-state index contributed by atoms with van der Waals surface area (Å²) in [6, 6.07) is 6.53. The molecule has 0 unspecified atom stereocenters. The second kappa shape index (κ2) is 7.76. The number of rotatable bonds is 5. The zero-order valence-corrected chi connectivity index (χ0v) is 17.9. The molecule has 0 aromatic heterocycles. The van der Waals surface area contributed by atoms with Crippen molar-refractivity contribution in [1.29, 1.82) is 0 Å². The number of nitrogen functional groups attached to an aromatic ring is 1. The molecule has 16 heteroatoms. The van der Waals surface area contributed by atoms with Crippen molar-refractivity contribution < 1.29 is 44.0 Å². The van der Waals surface area contributed by atoms with E-state index in [-0.39, 0.29) is 16.5 Å². The number of hydrogen-bond acceptors (Lipinski definition) is 10. The molecule has 0 heterocycles. The summed E-state index contributed by atoms with van der Waals surface area (Å²) in [7, 11) is -14.2. The number of nitrogens with two attached hydrogens (primary N) is 1. The van der Waals surface area contributed by atoms with Gasteiger partial charge in [0.25, 0.3) is 30.4 Å². The van der Waals surface area contributed by atoms with Crippen LogP contribution in [0.1, 0.15) is 0 Å². The van der Waals surface area contributed by atoms with Gasteiger partial charge in [0.1, 0.15) is 16.3 Å². The van der Waals surface area contributed by atoms with Crippen LogP contribution in [0.2, 0.25) is 0 Å². The van der Waals surface area contributed by atoms with Crippen molar-refractivity contribution in [3.05, 3.63) is 42.5 Å². The van der Waals surface area contributed by atoms with E-state index in [2.05, 4.69) is 10.2 Å². The molecule has 0 saturated heterocycles. The maximum absolute atomic E-state index is 11.9. The highest BCUT2D eigenvalue weighted by molar-refractivity contribution is 7.86. The van der Waals surface area contributed by atoms with Gasteiger partial charge >= 0.3 is 0 Å². The molecule has 3 aromatic carbocycles. The number of phenols is 1. The number of nitrogens with zero attached hydrogens (tertiary/aromatic N) is 2. The van der Waals surface area contributed by atoms with E-state index in [4.69, 9.17) is 10.3 Å². The number of aromatic hydroxyl groups is 1. The van der Waals surface area contributed by atoms with E-state index in [0.717, 1.165) is 36.4 Å². The van der Waals surface area contributed by atoms with Crippen LogP contribution in [0, 0.1) is 0 Å². The van der Waals surface area contributed by atoms with Crippen LogP contribution in [-0.2, 0) is 30.4 Å². The lowest BCUT2D eigenvalue weighted by Crippen LogP contribution is -2.03. The second-order valence-electron chi connectivity index (χ2n) is 6.30. The molecule has 0 fully saturated rings. The molecular weight excluding hydrogens is 490 g/mol. The topological polar surface area (TPSA) is 234 Å². The van der Waals surface area contributed by atoms with Crippen molar-refractivity contribution in [2.75, 3.05) is 5.73 Å². The van der Waals surface area contributed by atoms with E-state index in [0.29, 0.717) is 6.07 Å². The summed E-state index contributed by atoms with van der Waals surface area (Å²) >= 11 is 0. The van der Waals surface area contributed by atoms with Gasteiger partial charge in [0.15, 0.2) is 0 Å². The van der Waals surface area contributed by atoms with Crippen LogP contribution in [0.5, 0.6) is 5.75 Å². The largest absolute Gasteiger partial charge is 0.507 e. The van der Waals surface area contributed by atoms with E-state index in [1.165, 1.54) is 0 Å². The molecule has 3 rings (SSSR count). The lowest BCUT2D eigenvalue weighted by atomic mass is 10.1. The summed E-state index contributed by atoms with van der Waals surface area (Å²) in [5, 5.41) is 17.1. The number of fused-ring (bicyclic) bond motifs is 1. The molecule has 170 valence electrons. The lowest BCUT2D eigenvalue weighted by Gasteiger charge is -2.12. The van der Waals surface area contributed by atoms with Crippen LogP contribution in [0.4, 0.5) is 17.1 Å². The number of phenolic OH excluding ortho intramolecular Hbond substituents is 1. The SMILES string of the molecule is Nc1c(/N=N/c2ccc(S(=O)(=O)O)cc2)c(S(=O)(=O)O)cc2cc(S(=O)(=O)O)cc(O)c12. The molecular formula is C16H13N3O10S3. The Balaban J connectivity index is 2.25. The summed E-state index contributed by atoms with van der Waals surface area (Å²) in [6.45, 7) is 0. The van der Waals surface area contributed by atoms with Gasteiger partial charge in [0.05, 0.1) is 21.2 Å². The molecule has 0 aliphatic carbocycles. The highest BCUT2D eigenvalue weighted by atomic mass is 32.2. The van der Waals surface area contributed by atoms with Crippen molar-refractivity contribution in [3.8, 4) is 5.75 Å². The summed E-state index contributed by atoms with van der Waals surface area (Å²) in [5.74, 6) is -0.733. The standard InChI is InChI=1S/C16H13N3O10S3/c17-15-14-8(5-11(7-12(14)20)31(24,25)26)6-13(32(27,28)29)16(15)19-18-9-1-3-10(4-2-9)30(21,22)23/h1-7,20H,17H2,(H,21,22,23)(H,24,25,26)(H,27,28,29)/b19-18+. The Morgan fingerprint density at radius 2 is 1.28 bits per heavy atom. The maximum atomic E-state index is 11.9. The average molecular weight is 503 g/mol. The zero-order chi connectivity index (χ0) is 24.1. The van der Waals surface area contributed by atoms with E-state index in [1.807, 2.05) is 0 Å². The number of benzene rings is 3. The molecule has 13 nitrogen and oxygen atoms in total. The highest BCUT2D eigenvalue weighted by Crippen LogP contribution is 2.43. The third-order valence-electron chi connectivity index (χ3n) is 4.14. The molecule has 0 bridgehead atoms. The van der Waals surface area contributed by atoms with E-state index in [1.54, 1.807) is 0 Å². The van der Waals surface area contributed by atoms with Gasteiger partial charge in [-0.25, -0.2) is 0 Å². The molecule has 0 radical (unpaired) electrons. The highest BCUT2D eigenvalue weighted by Gasteiger charge is 2.24. The van der Waals surface area contributed by atoms with Gasteiger partial charge in [-0.15, -0.1) is 5.11 Å². The van der Waals surface area contributed by atoms with Gasteiger partial charge in [-0.05, 0) is 41.8 Å². The fourth-order valence-electron chi connectivity index (χ4n) is 2.73. The van der Waals surface area contributed by atoms with Crippen LogP contribution in [0.25, 0.3) is 10.8 Å². The van der Waals surface area contributed by atoms with E-state index >= 15 is 0 Å². The fraction of sp³-hybridized carbons (Fsp3) is 0. The maximum Gasteiger partial charge on any atom is 0.296 e. The first-order valence-electron chi connectivity index (χ1n) is 8.12. The first-order chi connectivity index (χ1) is 14.6. The third-order valence-corrected chi connectivity index (χ3v) is 6.71. The molecule has 0 aliphatic heterocycles. The molecule has 3 aromatic rings. The predicted molar refractivity (Wildman–Crippen MR) is 110 cm³/mol. The molecule has 0 atom stereocenters. The van der Waals surface area contributed by atoms with Gasteiger partial charge in [0, 0.05) is 11.5 Å². The summed E-state index contributed by atoms with van der Waals surface area (Å²) in [5.41, 5.74) is 4.82. The minimum Gasteiger partial charge on any atom is -0.507 e. The summed E-state index contributed by atoms with van der Waals surface area (Å²) in [6.07, 6.45) is 0. The van der Waals surface area contributed by atoms with Gasteiger partial charge < -0.3 is 10.8 Å². The monoisotopic (exact) mass is 503 g/mol. The molecule has 0 saturated carbocycles. The Morgan fingerprint density at radius 1 is 0.719 bits per heavy atom. The first-order valence-corrected chi connectivity index (χ1v) is 12.4. The summed E-state index contributed by atoms with van der Waals surface area (Å²) in [4.78, 5) is -2.07. The van der Waals surface area contributed by atoms with Crippen LogP contribution in [-0.4, -0.2) is 44.0 Å². The number of hydrogen-bond donors (Lipinski definition) is 5. The van der Waals surface area contributed by atoms with Crippen molar-refractivity contribution in [1.82, 2.24) is 0 Å². The van der Waals surface area contributed by atoms with Crippen LogP contribution < -0.4 is 5.73 Å². The Morgan fingerprint density at radius 3 is 1.78 bits per heavy atom. The van der Waals surface area contributed by atoms with E-state index in [9.17, 15) is 39.5 Å². The minimum atomic E-state index is -4.98. The van der Waals surface area contributed by atoms with Gasteiger partial charge in [0.2, 0.25) is 0 Å². The average Bonchev–Trinajstić information content (AvgIpc) is 2.64. The molecule has 32 heavy (non-hydrogen) atoms. The quantitative estimate of drug-likeness (QED) is 0.192. The fourth-order valence-corrected chi connectivity index (χ4v) is 4.42. The molecule has 6 N–H and O–H groups in total. The van der Waals surface area contributed by atoms with Crippen molar-refractivity contribution >= 4 is 58.2 Å². The van der Waals surface area contributed by atoms with Gasteiger partial charge in [-0.2, -0.15) is 30.4 Å². The van der Waals surface area contributed by atoms with E-state index < -0.39 is 62.2 Å². The van der Waals surface area contributed by atoms with Gasteiger partial charge in [-0.3, -0.25) is 13.7 Å². The lowest BCUT2D eigenvalue weighted by molar-refractivity contribution is 0.471. The van der Waals surface area contributed by atoms with Crippen molar-refractivity contribution in [3.63, 3.8) is 0 Å². The number of anilines is 1. The van der Waals surface area contributed by atoms with Crippen LogP contribution >= 0.6 is 0 Å². The van der Waals surface area contributed by atoms with Crippen molar-refractivity contribution in [2.24, 2.45) is 10.2 Å². The first kappa shape index (κ1) is 23.5. The summed E-state index contributed by atoms with van der Waals surface area (Å²) < 4.78 is 96.3.